The maximum atomic E-state index is 13.4. The standard InChI is InChI=1S/C16H17BrFNO/c1-20-16-7-6-12(10-14(16)17)11-19-9-8-13-4-2-3-5-15(13)18/h2-7,10,19H,8-9,11H2,1H3. The average molecular weight is 338 g/mol. The van der Waals surface area contributed by atoms with Crippen molar-refractivity contribution in [1.29, 1.82) is 0 Å². The van der Waals surface area contributed by atoms with Gasteiger partial charge in [0, 0.05) is 6.54 Å². The summed E-state index contributed by atoms with van der Waals surface area (Å²) in [6, 6.07) is 12.9. The second-order valence-electron chi connectivity index (χ2n) is 4.49. The Kier molecular flexibility index (Phi) is 5.56. The van der Waals surface area contributed by atoms with E-state index in [0.29, 0.717) is 6.42 Å². The van der Waals surface area contributed by atoms with E-state index < -0.39 is 0 Å². The minimum atomic E-state index is -0.138. The Balaban J connectivity index is 1.82. The van der Waals surface area contributed by atoms with Crippen molar-refractivity contribution in [3.63, 3.8) is 0 Å². The second kappa shape index (κ2) is 7.41. The van der Waals surface area contributed by atoms with Gasteiger partial charge in [0.1, 0.15) is 11.6 Å². The van der Waals surface area contributed by atoms with E-state index in [1.165, 1.54) is 6.07 Å². The van der Waals surface area contributed by atoms with Crippen LogP contribution in [0.25, 0.3) is 0 Å². The van der Waals surface area contributed by atoms with E-state index in [2.05, 4.69) is 21.2 Å². The molecule has 0 aliphatic heterocycles. The average Bonchev–Trinajstić information content (AvgIpc) is 2.45. The van der Waals surface area contributed by atoms with E-state index in [9.17, 15) is 4.39 Å². The van der Waals surface area contributed by atoms with Gasteiger partial charge in [0.25, 0.3) is 0 Å². The highest BCUT2D eigenvalue weighted by atomic mass is 79.9. The molecule has 0 radical (unpaired) electrons. The fourth-order valence-corrected chi connectivity index (χ4v) is 2.56. The number of ether oxygens (including phenoxy) is 1. The molecule has 2 aromatic rings. The lowest BCUT2D eigenvalue weighted by atomic mass is 10.1. The predicted molar refractivity (Wildman–Crippen MR) is 82.5 cm³/mol. The fourth-order valence-electron chi connectivity index (χ4n) is 1.98. The molecule has 0 heterocycles. The molecule has 0 atom stereocenters. The quantitative estimate of drug-likeness (QED) is 0.806. The normalized spacial score (nSPS) is 10.6. The molecule has 0 fully saturated rings. The van der Waals surface area contributed by atoms with Gasteiger partial charge in [0.2, 0.25) is 0 Å². The summed E-state index contributed by atoms with van der Waals surface area (Å²) < 4.78 is 19.6. The molecule has 0 aromatic heterocycles. The molecule has 0 saturated heterocycles. The van der Waals surface area contributed by atoms with Crippen molar-refractivity contribution >= 4 is 15.9 Å². The lowest BCUT2D eigenvalue weighted by molar-refractivity contribution is 0.412. The van der Waals surface area contributed by atoms with E-state index >= 15 is 0 Å². The summed E-state index contributed by atoms with van der Waals surface area (Å²) in [6.45, 7) is 1.49. The Labute approximate surface area is 127 Å². The number of hydrogen-bond donors (Lipinski definition) is 1. The molecule has 0 amide bonds. The highest BCUT2D eigenvalue weighted by molar-refractivity contribution is 9.10. The zero-order chi connectivity index (χ0) is 14.4. The van der Waals surface area contributed by atoms with E-state index in [4.69, 9.17) is 4.74 Å². The van der Waals surface area contributed by atoms with Gasteiger partial charge in [-0.25, -0.2) is 4.39 Å². The zero-order valence-corrected chi connectivity index (χ0v) is 12.9. The van der Waals surface area contributed by atoms with Gasteiger partial charge in [-0.1, -0.05) is 24.3 Å². The monoisotopic (exact) mass is 337 g/mol. The third-order valence-electron chi connectivity index (χ3n) is 3.07. The number of rotatable bonds is 6. The predicted octanol–water partition coefficient (Wildman–Crippen LogP) is 3.93. The number of halogens is 2. The lowest BCUT2D eigenvalue weighted by Crippen LogP contribution is -2.17. The van der Waals surface area contributed by atoms with Crippen molar-refractivity contribution in [1.82, 2.24) is 5.32 Å². The first-order valence-electron chi connectivity index (χ1n) is 6.47. The fraction of sp³-hybridized carbons (Fsp3) is 0.250. The van der Waals surface area contributed by atoms with E-state index in [-0.39, 0.29) is 5.82 Å². The summed E-state index contributed by atoms with van der Waals surface area (Å²) in [7, 11) is 1.65. The molecule has 0 aliphatic carbocycles. The van der Waals surface area contributed by atoms with Gasteiger partial charge in [-0.3, -0.25) is 0 Å². The van der Waals surface area contributed by atoms with Gasteiger partial charge in [0.15, 0.2) is 0 Å². The maximum absolute atomic E-state index is 13.4. The SMILES string of the molecule is COc1ccc(CNCCc2ccccc2F)cc1Br. The van der Waals surface area contributed by atoms with Crippen LogP contribution in [0.2, 0.25) is 0 Å². The van der Waals surface area contributed by atoms with Crippen LogP contribution in [0.5, 0.6) is 5.75 Å². The Morgan fingerprint density at radius 2 is 2.00 bits per heavy atom. The summed E-state index contributed by atoms with van der Waals surface area (Å²) in [4.78, 5) is 0. The molecular formula is C16H17BrFNO. The Morgan fingerprint density at radius 1 is 1.20 bits per heavy atom. The first-order chi connectivity index (χ1) is 9.70. The Morgan fingerprint density at radius 3 is 2.70 bits per heavy atom. The van der Waals surface area contributed by atoms with Crippen LogP contribution in [0.15, 0.2) is 46.9 Å². The van der Waals surface area contributed by atoms with Crippen LogP contribution < -0.4 is 10.1 Å². The Hall–Kier alpha value is -1.39. The van der Waals surface area contributed by atoms with Crippen molar-refractivity contribution in [3.05, 3.63) is 63.9 Å². The highest BCUT2D eigenvalue weighted by Crippen LogP contribution is 2.25. The van der Waals surface area contributed by atoms with Crippen molar-refractivity contribution in [2.45, 2.75) is 13.0 Å². The summed E-state index contributed by atoms with van der Waals surface area (Å²) in [5.41, 5.74) is 1.90. The van der Waals surface area contributed by atoms with Crippen LogP contribution in [0.4, 0.5) is 4.39 Å². The van der Waals surface area contributed by atoms with Gasteiger partial charge in [-0.05, 0) is 58.2 Å². The first-order valence-corrected chi connectivity index (χ1v) is 7.26. The number of hydrogen-bond acceptors (Lipinski definition) is 2. The van der Waals surface area contributed by atoms with Gasteiger partial charge >= 0.3 is 0 Å². The molecule has 1 N–H and O–H groups in total. The molecule has 4 heteroatoms. The Bertz CT molecular complexity index is 574. The molecule has 0 unspecified atom stereocenters. The number of benzene rings is 2. The van der Waals surface area contributed by atoms with Crippen LogP contribution in [0.1, 0.15) is 11.1 Å². The van der Waals surface area contributed by atoms with Gasteiger partial charge in [-0.2, -0.15) is 0 Å². The van der Waals surface area contributed by atoms with Crippen LogP contribution in [0, 0.1) is 5.82 Å². The third-order valence-corrected chi connectivity index (χ3v) is 3.69. The molecule has 0 saturated carbocycles. The van der Waals surface area contributed by atoms with Gasteiger partial charge < -0.3 is 10.1 Å². The van der Waals surface area contributed by atoms with Gasteiger partial charge in [-0.15, -0.1) is 0 Å². The smallest absolute Gasteiger partial charge is 0.133 e. The summed E-state index contributed by atoms with van der Waals surface area (Å²) in [6.07, 6.45) is 0.685. The van der Waals surface area contributed by atoms with Crippen LogP contribution >= 0.6 is 15.9 Å². The molecule has 2 nitrogen and oxygen atoms in total. The summed E-state index contributed by atoms with van der Waals surface area (Å²) in [5.74, 6) is 0.682. The largest absolute Gasteiger partial charge is 0.496 e. The van der Waals surface area contributed by atoms with Crippen LogP contribution in [0.3, 0.4) is 0 Å². The van der Waals surface area contributed by atoms with Crippen molar-refractivity contribution < 1.29 is 9.13 Å². The number of methoxy groups -OCH3 is 1. The summed E-state index contributed by atoms with van der Waals surface area (Å²) in [5, 5.41) is 3.31. The molecule has 20 heavy (non-hydrogen) atoms. The summed E-state index contributed by atoms with van der Waals surface area (Å²) >= 11 is 3.46. The lowest BCUT2D eigenvalue weighted by Gasteiger charge is -2.08. The second-order valence-corrected chi connectivity index (χ2v) is 5.34. The minimum absolute atomic E-state index is 0.138. The maximum Gasteiger partial charge on any atom is 0.133 e. The van der Waals surface area contributed by atoms with Crippen molar-refractivity contribution in [2.24, 2.45) is 0 Å². The molecular weight excluding hydrogens is 321 g/mol. The molecule has 0 bridgehead atoms. The van der Waals surface area contributed by atoms with E-state index in [0.717, 1.165) is 34.4 Å². The topological polar surface area (TPSA) is 21.3 Å². The van der Waals surface area contributed by atoms with Crippen molar-refractivity contribution in [2.75, 3.05) is 13.7 Å². The van der Waals surface area contributed by atoms with Crippen LogP contribution in [-0.2, 0) is 13.0 Å². The molecule has 2 rings (SSSR count). The molecule has 0 aliphatic rings. The van der Waals surface area contributed by atoms with Crippen LogP contribution in [-0.4, -0.2) is 13.7 Å². The molecule has 0 spiro atoms. The highest BCUT2D eigenvalue weighted by Gasteiger charge is 2.02. The van der Waals surface area contributed by atoms with E-state index in [1.807, 2.05) is 30.3 Å². The molecule has 106 valence electrons. The first kappa shape index (κ1) is 15.0. The van der Waals surface area contributed by atoms with Crippen molar-refractivity contribution in [3.8, 4) is 5.75 Å². The zero-order valence-electron chi connectivity index (χ0n) is 11.3. The third kappa shape index (κ3) is 4.05. The van der Waals surface area contributed by atoms with E-state index in [1.54, 1.807) is 13.2 Å². The minimum Gasteiger partial charge on any atom is -0.496 e. The van der Waals surface area contributed by atoms with Gasteiger partial charge in [0.05, 0.1) is 11.6 Å². The molecule has 2 aromatic carbocycles. The number of nitrogens with one attached hydrogen (secondary N) is 1.